The quantitative estimate of drug-likeness (QED) is 0.804. The number of rotatable bonds is 5. The Morgan fingerprint density at radius 1 is 1.25 bits per heavy atom. The number of aliphatic hydroxyl groups is 2. The van der Waals surface area contributed by atoms with Crippen LogP contribution in [0, 0.1) is 5.92 Å². The Morgan fingerprint density at radius 2 is 1.81 bits per heavy atom. The monoisotopic (exact) mass is 222 g/mol. The van der Waals surface area contributed by atoms with Gasteiger partial charge >= 0.3 is 0 Å². The molecule has 0 amide bonds. The molecule has 3 unspecified atom stereocenters. The van der Waals surface area contributed by atoms with E-state index in [1.165, 1.54) is 0 Å². The van der Waals surface area contributed by atoms with Gasteiger partial charge in [0.25, 0.3) is 0 Å². The van der Waals surface area contributed by atoms with Crippen molar-refractivity contribution in [3.63, 3.8) is 0 Å². The molecule has 0 aliphatic rings. The predicted molar refractivity (Wildman–Crippen MR) is 66.1 cm³/mol. The zero-order valence-electron chi connectivity index (χ0n) is 10.4. The minimum absolute atomic E-state index is 0.0531. The van der Waals surface area contributed by atoms with E-state index >= 15 is 0 Å². The third kappa shape index (κ3) is 3.62. The molecule has 2 N–H and O–H groups in total. The van der Waals surface area contributed by atoms with Crippen LogP contribution >= 0.6 is 0 Å². The molecule has 16 heavy (non-hydrogen) atoms. The molecule has 2 nitrogen and oxygen atoms in total. The molecule has 0 saturated heterocycles. The largest absolute Gasteiger partial charge is 0.390 e. The molecule has 1 rings (SSSR count). The summed E-state index contributed by atoms with van der Waals surface area (Å²) in [6.07, 6.45) is 0.817. The molecule has 0 fully saturated rings. The van der Waals surface area contributed by atoms with Crippen molar-refractivity contribution in [2.45, 2.75) is 45.3 Å². The number of hydrogen-bond donors (Lipinski definition) is 2. The van der Waals surface area contributed by atoms with E-state index in [0.717, 1.165) is 5.56 Å². The highest BCUT2D eigenvalue weighted by atomic mass is 16.3. The van der Waals surface area contributed by atoms with Gasteiger partial charge in [-0.15, -0.1) is 0 Å². The van der Waals surface area contributed by atoms with Crippen LogP contribution in [0.25, 0.3) is 0 Å². The molecule has 90 valence electrons. The van der Waals surface area contributed by atoms with E-state index in [0.29, 0.717) is 12.8 Å². The first-order valence-corrected chi connectivity index (χ1v) is 5.91. The van der Waals surface area contributed by atoms with E-state index in [1.54, 1.807) is 0 Å². The minimum Gasteiger partial charge on any atom is -0.390 e. The lowest BCUT2D eigenvalue weighted by atomic mass is 9.85. The zero-order valence-corrected chi connectivity index (χ0v) is 10.4. The van der Waals surface area contributed by atoms with E-state index < -0.39 is 11.7 Å². The zero-order chi connectivity index (χ0) is 12.2. The Morgan fingerprint density at radius 3 is 2.31 bits per heavy atom. The summed E-state index contributed by atoms with van der Waals surface area (Å²) in [7, 11) is 0. The lowest BCUT2D eigenvalue weighted by Gasteiger charge is -2.28. The molecule has 0 aliphatic carbocycles. The van der Waals surface area contributed by atoms with Crippen molar-refractivity contribution in [1.29, 1.82) is 0 Å². The van der Waals surface area contributed by atoms with Crippen molar-refractivity contribution in [3.05, 3.63) is 35.9 Å². The van der Waals surface area contributed by atoms with Crippen molar-refractivity contribution in [1.82, 2.24) is 0 Å². The Balaban J connectivity index is 2.65. The molecule has 2 heteroatoms. The van der Waals surface area contributed by atoms with Gasteiger partial charge in [-0.2, -0.15) is 0 Å². The van der Waals surface area contributed by atoms with E-state index in [1.807, 2.05) is 51.1 Å². The van der Waals surface area contributed by atoms with Gasteiger partial charge in [-0.05, 0) is 31.2 Å². The third-order valence-electron chi connectivity index (χ3n) is 3.20. The highest BCUT2D eigenvalue weighted by Crippen LogP contribution is 2.29. The molecule has 0 spiro atoms. The maximum atomic E-state index is 10.1. The van der Waals surface area contributed by atoms with Crippen molar-refractivity contribution in [3.8, 4) is 0 Å². The summed E-state index contributed by atoms with van der Waals surface area (Å²) in [5, 5.41) is 20.1. The number of benzene rings is 1. The molecular weight excluding hydrogens is 200 g/mol. The molecule has 0 radical (unpaired) electrons. The fourth-order valence-electron chi connectivity index (χ4n) is 1.93. The molecule has 0 aliphatic heterocycles. The second kappa shape index (κ2) is 5.46. The summed E-state index contributed by atoms with van der Waals surface area (Å²) < 4.78 is 0. The van der Waals surface area contributed by atoms with Crippen LogP contribution in [-0.2, 0) is 0 Å². The van der Waals surface area contributed by atoms with Gasteiger partial charge in [0.1, 0.15) is 0 Å². The fraction of sp³-hybridized carbons (Fsp3) is 0.571. The lowest BCUT2D eigenvalue weighted by molar-refractivity contribution is 0.00246. The van der Waals surface area contributed by atoms with Gasteiger partial charge in [0, 0.05) is 0 Å². The van der Waals surface area contributed by atoms with Crippen LogP contribution in [0.5, 0.6) is 0 Å². The van der Waals surface area contributed by atoms with E-state index in [2.05, 4.69) is 0 Å². The minimum atomic E-state index is -0.685. The number of hydrogen-bond acceptors (Lipinski definition) is 2. The van der Waals surface area contributed by atoms with Crippen LogP contribution in [0.3, 0.4) is 0 Å². The van der Waals surface area contributed by atoms with Gasteiger partial charge in [0.2, 0.25) is 0 Å². The van der Waals surface area contributed by atoms with Crippen LogP contribution < -0.4 is 0 Å². The van der Waals surface area contributed by atoms with E-state index in [-0.39, 0.29) is 5.92 Å². The van der Waals surface area contributed by atoms with Gasteiger partial charge < -0.3 is 10.2 Å². The Kier molecular flexibility index (Phi) is 4.51. The van der Waals surface area contributed by atoms with E-state index in [9.17, 15) is 10.2 Å². The maximum Gasteiger partial charge on any atom is 0.0816 e. The van der Waals surface area contributed by atoms with Crippen molar-refractivity contribution >= 4 is 0 Å². The topological polar surface area (TPSA) is 40.5 Å². The predicted octanol–water partition coefficient (Wildman–Crippen LogP) is 2.91. The number of aliphatic hydroxyl groups excluding tert-OH is 1. The van der Waals surface area contributed by atoms with Crippen LogP contribution in [0.15, 0.2) is 30.3 Å². The molecule has 3 atom stereocenters. The fourth-order valence-corrected chi connectivity index (χ4v) is 1.93. The maximum absolute atomic E-state index is 10.1. The van der Waals surface area contributed by atoms with Gasteiger partial charge in [-0.3, -0.25) is 0 Å². The van der Waals surface area contributed by atoms with Crippen LogP contribution in [-0.4, -0.2) is 15.8 Å². The first-order chi connectivity index (χ1) is 7.46. The molecular formula is C14H22O2. The van der Waals surface area contributed by atoms with Gasteiger partial charge in [0.15, 0.2) is 0 Å². The van der Waals surface area contributed by atoms with Crippen LogP contribution in [0.2, 0.25) is 0 Å². The Labute approximate surface area is 97.9 Å². The van der Waals surface area contributed by atoms with Crippen molar-refractivity contribution in [2.24, 2.45) is 5.92 Å². The lowest BCUT2D eigenvalue weighted by Crippen LogP contribution is -2.28. The van der Waals surface area contributed by atoms with E-state index in [4.69, 9.17) is 0 Å². The van der Waals surface area contributed by atoms with Gasteiger partial charge in [0.05, 0.1) is 11.7 Å². The first-order valence-electron chi connectivity index (χ1n) is 5.91. The summed E-state index contributed by atoms with van der Waals surface area (Å²) in [6.45, 7) is 5.75. The normalized spacial score (nSPS) is 18.8. The average Bonchev–Trinajstić information content (AvgIpc) is 2.28. The van der Waals surface area contributed by atoms with Crippen LogP contribution in [0.4, 0.5) is 0 Å². The van der Waals surface area contributed by atoms with Gasteiger partial charge in [-0.25, -0.2) is 0 Å². The summed E-state index contributed by atoms with van der Waals surface area (Å²) in [5.74, 6) is 0.0531. The second-order valence-electron chi connectivity index (χ2n) is 4.89. The average molecular weight is 222 g/mol. The third-order valence-corrected chi connectivity index (χ3v) is 3.20. The molecule has 0 bridgehead atoms. The highest BCUT2D eigenvalue weighted by Gasteiger charge is 2.25. The van der Waals surface area contributed by atoms with Crippen molar-refractivity contribution in [2.75, 3.05) is 0 Å². The molecule has 1 aromatic carbocycles. The SMILES string of the molecule is CCC(C)(O)CC(C)C(O)c1ccccc1. The Bertz CT molecular complexity index is 306. The molecule has 0 saturated carbocycles. The van der Waals surface area contributed by atoms with Crippen LogP contribution in [0.1, 0.15) is 45.3 Å². The Hall–Kier alpha value is -0.860. The standard InChI is InChI=1S/C14H22O2/c1-4-14(3,16)10-11(2)13(15)12-8-6-5-7-9-12/h5-9,11,13,15-16H,4,10H2,1-3H3. The summed E-state index contributed by atoms with van der Waals surface area (Å²) in [5.41, 5.74) is 0.233. The molecule has 1 aromatic rings. The van der Waals surface area contributed by atoms with Crippen molar-refractivity contribution < 1.29 is 10.2 Å². The summed E-state index contributed by atoms with van der Waals surface area (Å²) in [4.78, 5) is 0. The molecule has 0 heterocycles. The van der Waals surface area contributed by atoms with Gasteiger partial charge in [-0.1, -0.05) is 44.2 Å². The summed E-state index contributed by atoms with van der Waals surface area (Å²) in [6, 6.07) is 9.61. The second-order valence-corrected chi connectivity index (χ2v) is 4.89. The smallest absolute Gasteiger partial charge is 0.0816 e. The summed E-state index contributed by atoms with van der Waals surface area (Å²) >= 11 is 0. The first kappa shape index (κ1) is 13.2. The highest BCUT2D eigenvalue weighted by molar-refractivity contribution is 5.17. The molecule has 0 aromatic heterocycles.